The van der Waals surface area contributed by atoms with Gasteiger partial charge in [0.2, 0.25) is 11.8 Å². The Hall–Kier alpha value is -3.87. The Morgan fingerprint density at radius 1 is 0.826 bits per heavy atom. The number of fused-ring (bicyclic) bond motifs is 1. The lowest BCUT2D eigenvalue weighted by Gasteiger charge is -2.11. The average Bonchev–Trinajstić information content (AvgIpc) is 3.65. The van der Waals surface area contributed by atoms with E-state index >= 15 is 0 Å². The van der Waals surface area contributed by atoms with Gasteiger partial charge in [-0.25, -0.2) is 4.98 Å². The van der Waals surface area contributed by atoms with Gasteiger partial charge in [-0.2, -0.15) is 0 Å². The fraction of sp³-hybridized carbons (Fsp3) is 0.121. The Morgan fingerprint density at radius 2 is 1.57 bits per heavy atom. The predicted molar refractivity (Wildman–Crippen MR) is 191 cm³/mol. The standard InChI is InChI=1S/C33H26Cl2N6O2S3/c1-19-7-6-8-20(2)30(19)38-29(43)18-45-33-37-26-14-12-22(16-27(26)46-33)36-28(42)17-44-32-40-39-31(24-13-11-21(34)15-25(24)35)41(32)23-9-4-3-5-10-23/h3-16H,17-18H2,1-2H3,(H,36,42)(H,38,43). The number of hydrogen-bond donors (Lipinski definition) is 2. The maximum atomic E-state index is 13.0. The third-order valence-corrected chi connectivity index (χ3v) is 10.5. The highest BCUT2D eigenvalue weighted by Gasteiger charge is 2.20. The Balaban J connectivity index is 1.11. The molecule has 6 rings (SSSR count). The number of nitrogens with one attached hydrogen (secondary N) is 2. The van der Waals surface area contributed by atoms with E-state index in [9.17, 15) is 9.59 Å². The Bertz CT molecular complexity index is 2050. The fourth-order valence-electron chi connectivity index (χ4n) is 4.70. The molecule has 0 unspecified atom stereocenters. The summed E-state index contributed by atoms with van der Waals surface area (Å²) in [5.41, 5.74) is 5.87. The van der Waals surface area contributed by atoms with Crippen molar-refractivity contribution in [3.05, 3.63) is 106 Å². The molecule has 8 nitrogen and oxygen atoms in total. The van der Waals surface area contributed by atoms with Crippen LogP contribution in [0.1, 0.15) is 11.1 Å². The SMILES string of the molecule is Cc1cccc(C)c1NC(=O)CSc1nc2ccc(NC(=O)CSc3nnc(-c4ccc(Cl)cc4Cl)n3-c3ccccc3)cc2s1. The lowest BCUT2D eigenvalue weighted by molar-refractivity contribution is -0.114. The summed E-state index contributed by atoms with van der Waals surface area (Å²) < 4.78 is 3.57. The summed E-state index contributed by atoms with van der Waals surface area (Å²) in [6.07, 6.45) is 0. The number of aromatic nitrogens is 4. The van der Waals surface area contributed by atoms with Gasteiger partial charge in [-0.1, -0.05) is 83.1 Å². The number of carbonyl (C=O) groups excluding carboxylic acids is 2. The van der Waals surface area contributed by atoms with Gasteiger partial charge in [0.15, 0.2) is 15.3 Å². The van der Waals surface area contributed by atoms with Gasteiger partial charge < -0.3 is 10.6 Å². The second-order valence-electron chi connectivity index (χ2n) is 10.2. The first kappa shape index (κ1) is 32.1. The lowest BCUT2D eigenvalue weighted by Crippen LogP contribution is -2.15. The molecule has 0 fully saturated rings. The van der Waals surface area contributed by atoms with Gasteiger partial charge in [0.1, 0.15) is 0 Å². The third kappa shape index (κ3) is 7.40. The molecule has 46 heavy (non-hydrogen) atoms. The summed E-state index contributed by atoms with van der Waals surface area (Å²) in [7, 11) is 0. The van der Waals surface area contributed by atoms with Crippen molar-refractivity contribution in [2.45, 2.75) is 23.3 Å². The van der Waals surface area contributed by atoms with Crippen molar-refractivity contribution in [3.63, 3.8) is 0 Å². The van der Waals surface area contributed by atoms with Crippen LogP contribution in [0.15, 0.2) is 94.4 Å². The summed E-state index contributed by atoms with van der Waals surface area (Å²) in [5.74, 6) is 0.617. The molecule has 2 N–H and O–H groups in total. The van der Waals surface area contributed by atoms with E-state index in [2.05, 4.69) is 25.8 Å². The maximum absolute atomic E-state index is 13.0. The minimum absolute atomic E-state index is 0.0846. The van der Waals surface area contributed by atoms with Gasteiger partial charge in [0, 0.05) is 27.6 Å². The van der Waals surface area contributed by atoms with Crippen LogP contribution in [0.2, 0.25) is 10.0 Å². The normalized spacial score (nSPS) is 11.1. The molecule has 0 saturated carbocycles. The molecule has 0 radical (unpaired) electrons. The number of hydrogen-bond acceptors (Lipinski definition) is 8. The number of anilines is 2. The lowest BCUT2D eigenvalue weighted by atomic mass is 10.1. The molecule has 6 aromatic rings. The number of para-hydroxylation sites is 2. The number of thioether (sulfide) groups is 2. The molecular weight excluding hydrogens is 680 g/mol. The molecule has 2 heterocycles. The molecule has 2 aromatic heterocycles. The number of nitrogens with zero attached hydrogens (tertiary/aromatic N) is 4. The van der Waals surface area contributed by atoms with E-state index in [0.717, 1.165) is 37.1 Å². The van der Waals surface area contributed by atoms with Crippen molar-refractivity contribution in [3.8, 4) is 17.1 Å². The van der Waals surface area contributed by atoms with Crippen LogP contribution in [0.3, 0.4) is 0 Å². The first-order valence-electron chi connectivity index (χ1n) is 14.0. The summed E-state index contributed by atoms with van der Waals surface area (Å²) >= 11 is 16.8. The van der Waals surface area contributed by atoms with Crippen molar-refractivity contribution >= 4 is 91.5 Å². The van der Waals surface area contributed by atoms with E-state index in [1.165, 1.54) is 34.9 Å². The number of amides is 2. The van der Waals surface area contributed by atoms with Crippen molar-refractivity contribution in [2.75, 3.05) is 22.1 Å². The zero-order valence-corrected chi connectivity index (χ0v) is 28.5. The third-order valence-electron chi connectivity index (χ3n) is 6.88. The fourth-order valence-corrected chi connectivity index (χ4v) is 7.86. The highest BCUT2D eigenvalue weighted by atomic mass is 35.5. The van der Waals surface area contributed by atoms with E-state index in [4.69, 9.17) is 23.2 Å². The zero-order chi connectivity index (χ0) is 32.2. The Morgan fingerprint density at radius 3 is 2.33 bits per heavy atom. The highest BCUT2D eigenvalue weighted by Crippen LogP contribution is 2.34. The smallest absolute Gasteiger partial charge is 0.234 e. The summed E-state index contributed by atoms with van der Waals surface area (Å²) in [4.78, 5) is 30.3. The molecule has 4 aromatic carbocycles. The molecule has 232 valence electrons. The van der Waals surface area contributed by atoms with Crippen molar-refractivity contribution < 1.29 is 9.59 Å². The predicted octanol–water partition coefficient (Wildman–Crippen LogP) is 8.93. The number of rotatable bonds is 10. The van der Waals surface area contributed by atoms with Crippen molar-refractivity contribution in [1.82, 2.24) is 19.7 Å². The van der Waals surface area contributed by atoms with Crippen LogP contribution in [-0.4, -0.2) is 43.1 Å². The number of benzene rings is 4. The van der Waals surface area contributed by atoms with Gasteiger partial charge in [0.05, 0.1) is 26.7 Å². The van der Waals surface area contributed by atoms with E-state index in [0.29, 0.717) is 32.3 Å². The van der Waals surface area contributed by atoms with Crippen LogP contribution in [0.4, 0.5) is 11.4 Å². The molecule has 0 aliphatic rings. The summed E-state index contributed by atoms with van der Waals surface area (Å²) in [6.45, 7) is 3.95. The van der Waals surface area contributed by atoms with E-state index in [-0.39, 0.29) is 23.3 Å². The molecule has 0 saturated heterocycles. The second-order valence-corrected chi connectivity index (χ2v) is 14.2. The molecule has 0 spiro atoms. The van der Waals surface area contributed by atoms with Crippen LogP contribution >= 0.6 is 58.1 Å². The van der Waals surface area contributed by atoms with Crippen LogP contribution < -0.4 is 10.6 Å². The van der Waals surface area contributed by atoms with Crippen LogP contribution in [-0.2, 0) is 9.59 Å². The van der Waals surface area contributed by atoms with Crippen LogP contribution in [0.25, 0.3) is 27.3 Å². The first-order chi connectivity index (χ1) is 22.2. The monoisotopic (exact) mass is 704 g/mol. The van der Waals surface area contributed by atoms with Crippen LogP contribution in [0, 0.1) is 13.8 Å². The highest BCUT2D eigenvalue weighted by molar-refractivity contribution is 8.01. The molecule has 0 aliphatic carbocycles. The van der Waals surface area contributed by atoms with Gasteiger partial charge in [-0.15, -0.1) is 21.5 Å². The minimum atomic E-state index is -0.194. The van der Waals surface area contributed by atoms with Gasteiger partial charge in [-0.05, 0) is 73.5 Å². The molecule has 0 bridgehead atoms. The number of aryl methyl sites for hydroxylation is 2. The second kappa shape index (κ2) is 14.3. The topological polar surface area (TPSA) is 102 Å². The van der Waals surface area contributed by atoms with Crippen LogP contribution in [0.5, 0.6) is 0 Å². The molecule has 13 heteroatoms. The summed E-state index contributed by atoms with van der Waals surface area (Å²) in [6, 6.07) is 26.4. The summed E-state index contributed by atoms with van der Waals surface area (Å²) in [5, 5.41) is 16.3. The average molecular weight is 706 g/mol. The minimum Gasteiger partial charge on any atom is -0.325 e. The number of halogens is 2. The van der Waals surface area contributed by atoms with E-state index in [1.807, 2.05) is 85.1 Å². The Labute approximate surface area is 287 Å². The molecule has 0 atom stereocenters. The van der Waals surface area contributed by atoms with E-state index in [1.54, 1.807) is 18.2 Å². The molecule has 0 aliphatic heterocycles. The van der Waals surface area contributed by atoms with Gasteiger partial charge in [-0.3, -0.25) is 14.2 Å². The zero-order valence-electron chi connectivity index (χ0n) is 24.6. The largest absolute Gasteiger partial charge is 0.325 e. The van der Waals surface area contributed by atoms with Gasteiger partial charge in [0.25, 0.3) is 0 Å². The van der Waals surface area contributed by atoms with Gasteiger partial charge >= 0.3 is 0 Å². The quantitative estimate of drug-likeness (QED) is 0.137. The Kier molecular flexibility index (Phi) is 9.95. The first-order valence-corrected chi connectivity index (χ1v) is 17.6. The van der Waals surface area contributed by atoms with Crippen molar-refractivity contribution in [2.24, 2.45) is 0 Å². The van der Waals surface area contributed by atoms with E-state index < -0.39 is 0 Å². The molecule has 2 amide bonds. The van der Waals surface area contributed by atoms with Crippen molar-refractivity contribution in [1.29, 1.82) is 0 Å². The number of carbonyl (C=O) groups is 2. The molecular formula is C33H26Cl2N6O2S3. The maximum Gasteiger partial charge on any atom is 0.234 e. The number of thiazole rings is 1.